The predicted octanol–water partition coefficient (Wildman–Crippen LogP) is 5.20. The van der Waals surface area contributed by atoms with Crippen LogP contribution in [0.3, 0.4) is 0 Å². The molecular formula is C25H22ClN3O2S. The van der Waals surface area contributed by atoms with Gasteiger partial charge in [0.1, 0.15) is 5.57 Å². The van der Waals surface area contributed by atoms with Gasteiger partial charge in [-0.05, 0) is 99.1 Å². The van der Waals surface area contributed by atoms with E-state index in [1.54, 1.807) is 6.08 Å². The molecule has 0 atom stereocenters. The number of carbonyl (C=O) groups is 2. The van der Waals surface area contributed by atoms with E-state index >= 15 is 0 Å². The molecule has 3 aromatic rings. The van der Waals surface area contributed by atoms with Crippen LogP contribution in [0.4, 0.5) is 5.69 Å². The fourth-order valence-corrected chi connectivity index (χ4v) is 4.31. The van der Waals surface area contributed by atoms with Crippen molar-refractivity contribution in [1.82, 2.24) is 9.88 Å². The largest absolute Gasteiger partial charge is 0.318 e. The second-order valence-electron chi connectivity index (χ2n) is 7.89. The van der Waals surface area contributed by atoms with Crippen molar-refractivity contribution in [3.05, 3.63) is 87.2 Å². The first-order valence-electron chi connectivity index (χ1n) is 10.1. The van der Waals surface area contributed by atoms with Crippen molar-refractivity contribution in [3.8, 4) is 5.69 Å². The molecule has 1 N–H and O–H groups in total. The number of benzene rings is 2. The topological polar surface area (TPSA) is 54.3 Å². The summed E-state index contributed by atoms with van der Waals surface area (Å²) in [6.07, 6.45) is 1.63. The van der Waals surface area contributed by atoms with Crippen molar-refractivity contribution in [2.75, 3.05) is 4.90 Å². The molecule has 5 nitrogen and oxygen atoms in total. The monoisotopic (exact) mass is 463 g/mol. The standard InChI is InChI=1S/C25H22ClN3O2S/c1-14-5-6-15(2)22(11-14)29-24(31)21(23(30)27-25(29)32)13-18-12-16(3)28(17(18)4)20-9-7-19(26)8-10-20/h5-13H,1-4H3,(H,27,30,32)/b21-13-. The average molecular weight is 464 g/mol. The second kappa shape index (κ2) is 8.37. The Hall–Kier alpha value is -3.22. The van der Waals surface area contributed by atoms with Crippen LogP contribution in [0.25, 0.3) is 11.8 Å². The Morgan fingerprint density at radius 2 is 1.66 bits per heavy atom. The summed E-state index contributed by atoms with van der Waals surface area (Å²) in [6.45, 7) is 7.78. The Labute approximate surface area is 197 Å². The van der Waals surface area contributed by atoms with Crippen LogP contribution in [-0.4, -0.2) is 21.5 Å². The van der Waals surface area contributed by atoms with Crippen molar-refractivity contribution in [2.24, 2.45) is 0 Å². The summed E-state index contributed by atoms with van der Waals surface area (Å²) in [5.74, 6) is -0.943. The molecule has 1 saturated heterocycles. The molecule has 0 radical (unpaired) electrons. The number of hydrogen-bond donors (Lipinski definition) is 1. The van der Waals surface area contributed by atoms with Gasteiger partial charge in [-0.3, -0.25) is 19.8 Å². The van der Waals surface area contributed by atoms with Crippen LogP contribution >= 0.6 is 23.8 Å². The third-order valence-electron chi connectivity index (χ3n) is 5.56. The zero-order chi connectivity index (χ0) is 23.2. The highest BCUT2D eigenvalue weighted by molar-refractivity contribution is 7.80. The molecule has 0 unspecified atom stereocenters. The van der Waals surface area contributed by atoms with E-state index in [0.717, 1.165) is 33.8 Å². The highest BCUT2D eigenvalue weighted by Gasteiger charge is 2.35. The van der Waals surface area contributed by atoms with Crippen molar-refractivity contribution < 1.29 is 9.59 Å². The maximum atomic E-state index is 13.4. The van der Waals surface area contributed by atoms with Gasteiger partial charge in [0, 0.05) is 22.1 Å². The Kier molecular flexibility index (Phi) is 5.75. The Morgan fingerprint density at radius 3 is 2.34 bits per heavy atom. The van der Waals surface area contributed by atoms with Gasteiger partial charge < -0.3 is 4.57 Å². The van der Waals surface area contributed by atoms with E-state index < -0.39 is 11.8 Å². The zero-order valence-electron chi connectivity index (χ0n) is 18.2. The molecule has 1 aliphatic heterocycles. The van der Waals surface area contributed by atoms with Gasteiger partial charge in [-0.15, -0.1) is 0 Å². The van der Waals surface area contributed by atoms with E-state index in [9.17, 15) is 9.59 Å². The lowest BCUT2D eigenvalue weighted by Crippen LogP contribution is -2.54. The quantitative estimate of drug-likeness (QED) is 0.330. The maximum Gasteiger partial charge on any atom is 0.270 e. The number of thiocarbonyl (C=S) groups is 1. The summed E-state index contributed by atoms with van der Waals surface area (Å²) in [6, 6.07) is 15.3. The van der Waals surface area contributed by atoms with E-state index in [-0.39, 0.29) is 10.7 Å². The highest BCUT2D eigenvalue weighted by Crippen LogP contribution is 2.28. The van der Waals surface area contributed by atoms with Crippen LogP contribution in [-0.2, 0) is 9.59 Å². The van der Waals surface area contributed by atoms with Crippen LogP contribution in [0, 0.1) is 27.7 Å². The normalized spacial score (nSPS) is 15.5. The summed E-state index contributed by atoms with van der Waals surface area (Å²) >= 11 is 11.4. The number of nitrogens with zero attached hydrogens (tertiary/aromatic N) is 2. The fraction of sp³-hybridized carbons (Fsp3) is 0.160. The van der Waals surface area contributed by atoms with E-state index in [1.807, 2.05) is 76.2 Å². The summed E-state index contributed by atoms with van der Waals surface area (Å²) in [7, 11) is 0. The average Bonchev–Trinajstić information content (AvgIpc) is 3.01. The van der Waals surface area contributed by atoms with Gasteiger partial charge in [-0.25, -0.2) is 0 Å². The van der Waals surface area contributed by atoms with Gasteiger partial charge in [0.05, 0.1) is 5.69 Å². The van der Waals surface area contributed by atoms with Crippen molar-refractivity contribution in [2.45, 2.75) is 27.7 Å². The van der Waals surface area contributed by atoms with Gasteiger partial charge in [-0.2, -0.15) is 0 Å². The summed E-state index contributed by atoms with van der Waals surface area (Å²) in [5, 5.41) is 3.40. The number of amides is 2. The van der Waals surface area contributed by atoms with Crippen LogP contribution in [0.15, 0.2) is 54.1 Å². The SMILES string of the molecule is Cc1ccc(C)c(N2C(=O)/C(=C\c3cc(C)n(-c4ccc(Cl)cc4)c3C)C(=O)NC2=S)c1. The number of aromatic nitrogens is 1. The smallest absolute Gasteiger partial charge is 0.270 e. The molecule has 1 aromatic heterocycles. The minimum absolute atomic E-state index is 0.0378. The van der Waals surface area contributed by atoms with Crippen molar-refractivity contribution >= 4 is 52.5 Å². The number of carbonyl (C=O) groups excluding carboxylic acids is 2. The van der Waals surface area contributed by atoms with Crippen LogP contribution in [0.5, 0.6) is 0 Å². The molecule has 0 bridgehead atoms. The number of anilines is 1. The minimum atomic E-state index is -0.502. The Balaban J connectivity index is 1.78. The first kappa shape index (κ1) is 22.0. The van der Waals surface area contributed by atoms with Crippen molar-refractivity contribution in [3.63, 3.8) is 0 Å². The van der Waals surface area contributed by atoms with Crippen LogP contribution in [0.2, 0.25) is 5.02 Å². The molecule has 1 aliphatic rings. The number of nitrogens with one attached hydrogen (secondary N) is 1. The Morgan fingerprint density at radius 1 is 0.969 bits per heavy atom. The number of rotatable bonds is 3. The fourth-order valence-electron chi connectivity index (χ4n) is 3.91. The first-order valence-corrected chi connectivity index (χ1v) is 10.9. The molecule has 0 aliphatic carbocycles. The third-order valence-corrected chi connectivity index (χ3v) is 6.10. The molecule has 2 heterocycles. The molecule has 4 rings (SSSR count). The van der Waals surface area contributed by atoms with E-state index in [0.29, 0.717) is 10.7 Å². The molecule has 0 saturated carbocycles. The number of hydrogen-bond acceptors (Lipinski definition) is 3. The molecule has 1 fully saturated rings. The maximum absolute atomic E-state index is 13.4. The van der Waals surface area contributed by atoms with E-state index in [4.69, 9.17) is 23.8 Å². The molecule has 0 spiro atoms. The van der Waals surface area contributed by atoms with Gasteiger partial charge in [0.25, 0.3) is 11.8 Å². The summed E-state index contributed by atoms with van der Waals surface area (Å²) in [4.78, 5) is 27.5. The van der Waals surface area contributed by atoms with Gasteiger partial charge in [-0.1, -0.05) is 23.7 Å². The summed E-state index contributed by atoms with van der Waals surface area (Å²) in [5.41, 5.74) is 6.20. The van der Waals surface area contributed by atoms with Gasteiger partial charge >= 0.3 is 0 Å². The molecule has 7 heteroatoms. The van der Waals surface area contributed by atoms with E-state index in [1.165, 1.54) is 4.90 Å². The summed E-state index contributed by atoms with van der Waals surface area (Å²) < 4.78 is 2.06. The van der Waals surface area contributed by atoms with Crippen LogP contribution < -0.4 is 10.2 Å². The van der Waals surface area contributed by atoms with Crippen LogP contribution in [0.1, 0.15) is 28.1 Å². The highest BCUT2D eigenvalue weighted by atomic mass is 35.5. The number of halogens is 1. The lowest BCUT2D eigenvalue weighted by molar-refractivity contribution is -0.122. The molecule has 32 heavy (non-hydrogen) atoms. The first-order chi connectivity index (χ1) is 15.2. The third kappa shape index (κ3) is 3.87. The lowest BCUT2D eigenvalue weighted by Gasteiger charge is -2.30. The van der Waals surface area contributed by atoms with Gasteiger partial charge in [0.2, 0.25) is 0 Å². The molecule has 2 amide bonds. The molecular weight excluding hydrogens is 442 g/mol. The number of aryl methyl sites for hydroxylation is 3. The van der Waals surface area contributed by atoms with E-state index in [2.05, 4.69) is 9.88 Å². The zero-order valence-corrected chi connectivity index (χ0v) is 19.8. The minimum Gasteiger partial charge on any atom is -0.318 e. The predicted molar refractivity (Wildman–Crippen MR) is 132 cm³/mol. The lowest BCUT2D eigenvalue weighted by atomic mass is 10.0. The Bertz CT molecular complexity index is 1310. The molecule has 2 aromatic carbocycles. The molecule has 162 valence electrons. The second-order valence-corrected chi connectivity index (χ2v) is 8.71. The van der Waals surface area contributed by atoms with Gasteiger partial charge in [0.15, 0.2) is 5.11 Å². The van der Waals surface area contributed by atoms with Crippen molar-refractivity contribution in [1.29, 1.82) is 0 Å².